The highest BCUT2D eigenvalue weighted by Gasteiger charge is 2.25. The highest BCUT2D eigenvalue weighted by molar-refractivity contribution is 5.78. The van der Waals surface area contributed by atoms with Crippen LogP contribution in [0.1, 0.15) is 25.7 Å². The number of carbonyl (C=O) groups is 1. The number of hydrogen-bond donors (Lipinski definition) is 1. The summed E-state index contributed by atoms with van der Waals surface area (Å²) in [4.78, 5) is 19.0. The van der Waals surface area contributed by atoms with Crippen molar-refractivity contribution in [3.8, 4) is 0 Å². The lowest BCUT2D eigenvalue weighted by Crippen LogP contribution is -2.52. The van der Waals surface area contributed by atoms with Gasteiger partial charge in [0.2, 0.25) is 5.91 Å². The number of hydrogen-bond acceptors (Lipinski definition) is 4. The van der Waals surface area contributed by atoms with Crippen LogP contribution >= 0.6 is 0 Å². The number of carbonyl (C=O) groups excluding carboxylic acids is 1. The van der Waals surface area contributed by atoms with Crippen molar-refractivity contribution in [2.45, 2.75) is 31.7 Å². The van der Waals surface area contributed by atoms with E-state index in [0.29, 0.717) is 19.1 Å². The lowest BCUT2D eigenvalue weighted by atomic mass is 10.1. The van der Waals surface area contributed by atoms with Crippen LogP contribution in [-0.2, 0) is 4.79 Å². The molecular weight excluding hydrogens is 240 g/mol. The van der Waals surface area contributed by atoms with Crippen molar-refractivity contribution in [1.82, 2.24) is 14.7 Å². The van der Waals surface area contributed by atoms with Gasteiger partial charge in [0.15, 0.2) is 0 Å². The molecule has 2 rings (SSSR count). The zero-order chi connectivity index (χ0) is 13.7. The number of nitrogens with zero attached hydrogens (tertiary/aromatic N) is 3. The van der Waals surface area contributed by atoms with Gasteiger partial charge in [0.1, 0.15) is 0 Å². The quantitative estimate of drug-likeness (QED) is 0.780. The third kappa shape index (κ3) is 4.16. The van der Waals surface area contributed by atoms with Gasteiger partial charge in [0.05, 0.1) is 6.54 Å². The van der Waals surface area contributed by atoms with Crippen LogP contribution in [0, 0.1) is 0 Å². The van der Waals surface area contributed by atoms with Crippen LogP contribution in [0.2, 0.25) is 0 Å². The largest absolute Gasteiger partial charge is 0.339 e. The molecule has 0 spiro atoms. The Morgan fingerprint density at radius 3 is 2.53 bits per heavy atom. The Balaban J connectivity index is 1.85. The molecule has 2 aliphatic heterocycles. The molecule has 1 amide bonds. The fraction of sp³-hybridized carbons (Fsp3) is 0.929. The number of nitrogens with two attached hydrogens (primary N) is 1. The average molecular weight is 268 g/mol. The maximum atomic E-state index is 12.4. The summed E-state index contributed by atoms with van der Waals surface area (Å²) in [6, 6.07) is 0.402. The van der Waals surface area contributed by atoms with E-state index in [9.17, 15) is 4.79 Å². The van der Waals surface area contributed by atoms with E-state index in [0.717, 1.165) is 39.1 Å². The summed E-state index contributed by atoms with van der Waals surface area (Å²) in [6.07, 6.45) is 4.87. The lowest BCUT2D eigenvalue weighted by Gasteiger charge is -2.35. The van der Waals surface area contributed by atoms with Crippen molar-refractivity contribution in [3.63, 3.8) is 0 Å². The van der Waals surface area contributed by atoms with E-state index < -0.39 is 0 Å². The summed E-state index contributed by atoms with van der Waals surface area (Å²) in [6.45, 7) is 5.99. The van der Waals surface area contributed by atoms with Crippen LogP contribution in [-0.4, -0.2) is 79.5 Å². The van der Waals surface area contributed by atoms with E-state index in [-0.39, 0.29) is 5.91 Å². The van der Waals surface area contributed by atoms with Gasteiger partial charge in [-0.15, -0.1) is 0 Å². The van der Waals surface area contributed by atoms with Gasteiger partial charge in [0, 0.05) is 38.8 Å². The molecule has 0 aliphatic carbocycles. The number of likely N-dealkylation sites (tertiary alicyclic amines) is 1. The number of amides is 1. The molecule has 1 atom stereocenters. The first kappa shape index (κ1) is 14.8. The van der Waals surface area contributed by atoms with Gasteiger partial charge < -0.3 is 15.5 Å². The topological polar surface area (TPSA) is 52.8 Å². The van der Waals surface area contributed by atoms with E-state index in [1.165, 1.54) is 19.3 Å². The Morgan fingerprint density at radius 2 is 1.84 bits per heavy atom. The molecule has 0 aromatic rings. The number of rotatable bonds is 3. The van der Waals surface area contributed by atoms with Crippen LogP contribution < -0.4 is 5.73 Å². The summed E-state index contributed by atoms with van der Waals surface area (Å²) in [5.41, 5.74) is 5.86. The SMILES string of the molecule is CN1CCN(C(=O)CN2CCCCCC2CN)CC1. The third-order valence-corrected chi connectivity index (χ3v) is 4.47. The summed E-state index contributed by atoms with van der Waals surface area (Å²) in [7, 11) is 2.11. The molecule has 2 aliphatic rings. The van der Waals surface area contributed by atoms with E-state index in [2.05, 4.69) is 16.8 Å². The number of piperazine rings is 1. The van der Waals surface area contributed by atoms with Gasteiger partial charge in [-0.1, -0.05) is 12.8 Å². The Bertz CT molecular complexity index is 289. The fourth-order valence-electron chi connectivity index (χ4n) is 3.04. The minimum absolute atomic E-state index is 0.286. The molecule has 2 N–H and O–H groups in total. The van der Waals surface area contributed by atoms with Gasteiger partial charge >= 0.3 is 0 Å². The number of likely N-dealkylation sites (N-methyl/N-ethyl adjacent to an activating group) is 1. The van der Waals surface area contributed by atoms with Crippen LogP contribution in [0.15, 0.2) is 0 Å². The van der Waals surface area contributed by atoms with Crippen molar-refractivity contribution in [3.05, 3.63) is 0 Å². The van der Waals surface area contributed by atoms with Gasteiger partial charge in [-0.3, -0.25) is 9.69 Å². The van der Waals surface area contributed by atoms with Crippen molar-refractivity contribution >= 4 is 5.91 Å². The minimum Gasteiger partial charge on any atom is -0.339 e. The van der Waals surface area contributed by atoms with Gasteiger partial charge in [-0.2, -0.15) is 0 Å². The Morgan fingerprint density at radius 1 is 1.11 bits per heavy atom. The molecule has 2 saturated heterocycles. The molecule has 110 valence electrons. The average Bonchev–Trinajstić information content (AvgIpc) is 2.64. The van der Waals surface area contributed by atoms with E-state index in [1.54, 1.807) is 0 Å². The van der Waals surface area contributed by atoms with Gasteiger partial charge in [-0.05, 0) is 26.4 Å². The monoisotopic (exact) mass is 268 g/mol. The highest BCUT2D eigenvalue weighted by Crippen LogP contribution is 2.16. The molecule has 0 saturated carbocycles. The van der Waals surface area contributed by atoms with Crippen molar-refractivity contribution in [2.75, 3.05) is 52.9 Å². The Labute approximate surface area is 116 Å². The Kier molecular flexibility index (Phi) is 5.60. The summed E-state index contributed by atoms with van der Waals surface area (Å²) in [5, 5.41) is 0. The molecule has 0 bridgehead atoms. The van der Waals surface area contributed by atoms with E-state index in [1.807, 2.05) is 4.90 Å². The fourth-order valence-corrected chi connectivity index (χ4v) is 3.04. The predicted molar refractivity (Wildman–Crippen MR) is 77.0 cm³/mol. The second-order valence-electron chi connectivity index (χ2n) is 5.89. The first-order valence-corrected chi connectivity index (χ1v) is 7.61. The standard InChI is InChI=1S/C14H28N4O/c1-16-7-9-17(10-8-16)14(19)12-18-6-4-2-3-5-13(18)11-15/h13H,2-12,15H2,1H3. The molecule has 5 nitrogen and oxygen atoms in total. The van der Waals surface area contributed by atoms with Gasteiger partial charge in [0.25, 0.3) is 0 Å². The normalized spacial score (nSPS) is 27.3. The molecule has 0 aromatic heterocycles. The lowest BCUT2D eigenvalue weighted by molar-refractivity contribution is -0.134. The van der Waals surface area contributed by atoms with Crippen molar-refractivity contribution in [1.29, 1.82) is 0 Å². The molecule has 5 heteroatoms. The second kappa shape index (κ2) is 7.22. The second-order valence-corrected chi connectivity index (χ2v) is 5.89. The van der Waals surface area contributed by atoms with Crippen molar-refractivity contribution in [2.24, 2.45) is 5.73 Å². The smallest absolute Gasteiger partial charge is 0.236 e. The Hall–Kier alpha value is -0.650. The molecule has 0 aromatic carbocycles. The van der Waals surface area contributed by atoms with Crippen molar-refractivity contribution < 1.29 is 4.79 Å². The molecule has 1 unspecified atom stereocenters. The van der Waals surface area contributed by atoms with Crippen LogP contribution in [0.25, 0.3) is 0 Å². The zero-order valence-corrected chi connectivity index (χ0v) is 12.2. The highest BCUT2D eigenvalue weighted by atomic mass is 16.2. The minimum atomic E-state index is 0.286. The molecule has 19 heavy (non-hydrogen) atoms. The summed E-state index contributed by atoms with van der Waals surface area (Å²) < 4.78 is 0. The zero-order valence-electron chi connectivity index (χ0n) is 12.2. The van der Waals surface area contributed by atoms with Crippen LogP contribution in [0.5, 0.6) is 0 Å². The molecule has 2 fully saturated rings. The molecule has 2 heterocycles. The maximum absolute atomic E-state index is 12.4. The molecule has 0 radical (unpaired) electrons. The third-order valence-electron chi connectivity index (χ3n) is 4.47. The van der Waals surface area contributed by atoms with E-state index in [4.69, 9.17) is 5.73 Å². The van der Waals surface area contributed by atoms with Crippen LogP contribution in [0.4, 0.5) is 0 Å². The molecular formula is C14H28N4O. The summed E-state index contributed by atoms with van der Waals surface area (Å²) in [5.74, 6) is 0.286. The maximum Gasteiger partial charge on any atom is 0.236 e. The predicted octanol–water partition coefficient (Wildman–Crippen LogP) is -0.0363. The van der Waals surface area contributed by atoms with Gasteiger partial charge in [-0.25, -0.2) is 0 Å². The first-order chi connectivity index (χ1) is 9.20. The van der Waals surface area contributed by atoms with E-state index >= 15 is 0 Å². The summed E-state index contributed by atoms with van der Waals surface area (Å²) >= 11 is 0. The first-order valence-electron chi connectivity index (χ1n) is 7.61. The van der Waals surface area contributed by atoms with Crippen LogP contribution in [0.3, 0.4) is 0 Å².